The highest BCUT2D eigenvalue weighted by atomic mass is 19.4. The van der Waals surface area contributed by atoms with E-state index in [0.29, 0.717) is 32.6 Å². The number of amides is 1. The summed E-state index contributed by atoms with van der Waals surface area (Å²) in [6, 6.07) is 6.15. The molecular formula is C17H24F3N3O. The Morgan fingerprint density at radius 2 is 1.88 bits per heavy atom. The third-order valence-corrected chi connectivity index (χ3v) is 4.22. The summed E-state index contributed by atoms with van der Waals surface area (Å²) >= 11 is 0. The fraction of sp³-hybridized carbons (Fsp3) is 0.588. The number of hydrogen-bond acceptors (Lipinski definition) is 3. The summed E-state index contributed by atoms with van der Waals surface area (Å²) in [5.41, 5.74) is 2.14. The molecule has 0 bridgehead atoms. The van der Waals surface area contributed by atoms with Crippen molar-refractivity contribution in [3.63, 3.8) is 0 Å². The molecule has 2 rings (SSSR count). The van der Waals surface area contributed by atoms with Gasteiger partial charge in [-0.1, -0.05) is 29.8 Å². The summed E-state index contributed by atoms with van der Waals surface area (Å²) in [6.45, 7) is 3.33. The van der Waals surface area contributed by atoms with Crippen LogP contribution in [0.4, 0.5) is 13.2 Å². The standard InChI is InChI=1S/C17H24F3N3O/c1-13-2-4-14(5-3-13)6-7-16(24)22-12-15(17(18,19)20)23-10-8-21-9-11-23/h2-5,15,21H,6-12H2,1H3,(H,22,24). The molecule has 0 aliphatic carbocycles. The van der Waals surface area contributed by atoms with Crippen molar-refractivity contribution in [3.05, 3.63) is 35.4 Å². The highest BCUT2D eigenvalue weighted by Gasteiger charge is 2.43. The maximum atomic E-state index is 13.2. The minimum Gasteiger partial charge on any atom is -0.354 e. The second-order valence-corrected chi connectivity index (χ2v) is 6.13. The molecular weight excluding hydrogens is 319 g/mol. The Bertz CT molecular complexity index is 525. The van der Waals surface area contributed by atoms with Crippen LogP contribution in [0.15, 0.2) is 24.3 Å². The minimum absolute atomic E-state index is 0.190. The summed E-state index contributed by atoms with van der Waals surface area (Å²) in [4.78, 5) is 13.3. The van der Waals surface area contributed by atoms with E-state index in [9.17, 15) is 18.0 Å². The molecule has 134 valence electrons. The highest BCUT2D eigenvalue weighted by molar-refractivity contribution is 5.76. The van der Waals surface area contributed by atoms with Crippen LogP contribution in [0.1, 0.15) is 17.5 Å². The van der Waals surface area contributed by atoms with E-state index < -0.39 is 18.8 Å². The first-order valence-electron chi connectivity index (χ1n) is 8.20. The van der Waals surface area contributed by atoms with Gasteiger partial charge in [-0.3, -0.25) is 9.69 Å². The molecule has 1 unspecified atom stereocenters. The molecule has 0 radical (unpaired) electrons. The largest absolute Gasteiger partial charge is 0.405 e. The summed E-state index contributed by atoms with van der Waals surface area (Å²) in [5, 5.41) is 5.48. The lowest BCUT2D eigenvalue weighted by atomic mass is 10.1. The number of carbonyl (C=O) groups excluding carboxylic acids is 1. The van der Waals surface area contributed by atoms with E-state index in [1.165, 1.54) is 4.90 Å². The van der Waals surface area contributed by atoms with Gasteiger partial charge in [0, 0.05) is 39.1 Å². The molecule has 1 aromatic rings. The van der Waals surface area contributed by atoms with Gasteiger partial charge in [-0.2, -0.15) is 13.2 Å². The van der Waals surface area contributed by atoms with Crippen molar-refractivity contribution in [2.24, 2.45) is 0 Å². The molecule has 4 nitrogen and oxygen atoms in total. The summed E-state index contributed by atoms with van der Waals surface area (Å²) in [6.07, 6.45) is -3.63. The van der Waals surface area contributed by atoms with Crippen LogP contribution in [0.25, 0.3) is 0 Å². The minimum atomic E-state index is -4.35. The number of aryl methyl sites for hydroxylation is 2. The van der Waals surface area contributed by atoms with Crippen molar-refractivity contribution < 1.29 is 18.0 Å². The molecule has 7 heteroatoms. The molecule has 1 saturated heterocycles. The van der Waals surface area contributed by atoms with Gasteiger partial charge in [0.05, 0.1) is 0 Å². The van der Waals surface area contributed by atoms with Crippen LogP contribution in [-0.2, 0) is 11.2 Å². The number of rotatable bonds is 6. The Hall–Kier alpha value is -1.60. The van der Waals surface area contributed by atoms with Gasteiger partial charge in [0.15, 0.2) is 0 Å². The van der Waals surface area contributed by atoms with Crippen LogP contribution in [0.2, 0.25) is 0 Å². The molecule has 1 aliphatic rings. The topological polar surface area (TPSA) is 44.4 Å². The van der Waals surface area contributed by atoms with Crippen molar-refractivity contribution in [3.8, 4) is 0 Å². The van der Waals surface area contributed by atoms with E-state index in [1.807, 2.05) is 31.2 Å². The Morgan fingerprint density at radius 1 is 1.25 bits per heavy atom. The summed E-state index contributed by atoms with van der Waals surface area (Å²) in [7, 11) is 0. The number of hydrogen-bond donors (Lipinski definition) is 2. The van der Waals surface area contributed by atoms with Crippen molar-refractivity contribution in [2.45, 2.75) is 32.0 Å². The van der Waals surface area contributed by atoms with Crippen molar-refractivity contribution >= 4 is 5.91 Å². The van der Waals surface area contributed by atoms with Crippen molar-refractivity contribution in [2.75, 3.05) is 32.7 Å². The van der Waals surface area contributed by atoms with Crippen LogP contribution in [0.3, 0.4) is 0 Å². The molecule has 0 saturated carbocycles. The lowest BCUT2D eigenvalue weighted by Gasteiger charge is -2.35. The first-order chi connectivity index (χ1) is 11.4. The number of benzene rings is 1. The molecule has 0 aromatic heterocycles. The third-order valence-electron chi connectivity index (χ3n) is 4.22. The van der Waals surface area contributed by atoms with E-state index in [0.717, 1.165) is 11.1 Å². The smallest absolute Gasteiger partial charge is 0.354 e. The van der Waals surface area contributed by atoms with Crippen LogP contribution in [-0.4, -0.2) is 55.7 Å². The predicted octanol–water partition coefficient (Wildman–Crippen LogP) is 1.88. The molecule has 1 fully saturated rings. The molecule has 1 aromatic carbocycles. The van der Waals surface area contributed by atoms with Gasteiger partial charge in [-0.15, -0.1) is 0 Å². The van der Waals surface area contributed by atoms with Gasteiger partial charge in [0.2, 0.25) is 5.91 Å². The fourth-order valence-corrected chi connectivity index (χ4v) is 2.76. The van der Waals surface area contributed by atoms with Gasteiger partial charge in [0.1, 0.15) is 6.04 Å². The van der Waals surface area contributed by atoms with Gasteiger partial charge in [-0.05, 0) is 18.9 Å². The monoisotopic (exact) mass is 343 g/mol. The lowest BCUT2D eigenvalue weighted by Crippen LogP contribution is -2.57. The lowest BCUT2D eigenvalue weighted by molar-refractivity contribution is -0.184. The van der Waals surface area contributed by atoms with Crippen LogP contribution in [0, 0.1) is 6.92 Å². The third kappa shape index (κ3) is 5.79. The van der Waals surface area contributed by atoms with Gasteiger partial charge in [0.25, 0.3) is 0 Å². The molecule has 1 heterocycles. The van der Waals surface area contributed by atoms with E-state index in [-0.39, 0.29) is 12.3 Å². The quantitative estimate of drug-likeness (QED) is 0.829. The average molecular weight is 343 g/mol. The van der Waals surface area contributed by atoms with Gasteiger partial charge < -0.3 is 10.6 Å². The zero-order valence-corrected chi connectivity index (χ0v) is 13.8. The molecule has 1 aliphatic heterocycles. The maximum Gasteiger partial charge on any atom is 0.405 e. The maximum absolute atomic E-state index is 13.2. The molecule has 1 amide bonds. The zero-order valence-electron chi connectivity index (χ0n) is 13.8. The average Bonchev–Trinajstić information content (AvgIpc) is 2.54. The Labute approximate surface area is 140 Å². The second-order valence-electron chi connectivity index (χ2n) is 6.13. The van der Waals surface area contributed by atoms with Gasteiger partial charge in [-0.25, -0.2) is 0 Å². The Morgan fingerprint density at radius 3 is 2.46 bits per heavy atom. The SMILES string of the molecule is Cc1ccc(CCC(=O)NCC(N2CCNCC2)C(F)(F)F)cc1. The number of nitrogens with one attached hydrogen (secondary N) is 2. The van der Waals surface area contributed by atoms with Gasteiger partial charge >= 0.3 is 6.18 Å². The van der Waals surface area contributed by atoms with E-state index >= 15 is 0 Å². The zero-order chi connectivity index (χ0) is 17.6. The number of alkyl halides is 3. The number of nitrogens with zero attached hydrogens (tertiary/aromatic N) is 1. The highest BCUT2D eigenvalue weighted by Crippen LogP contribution is 2.24. The molecule has 2 N–H and O–H groups in total. The second kappa shape index (κ2) is 8.48. The first-order valence-corrected chi connectivity index (χ1v) is 8.20. The number of halogens is 3. The van der Waals surface area contributed by atoms with Crippen LogP contribution < -0.4 is 10.6 Å². The molecule has 0 spiro atoms. The fourth-order valence-electron chi connectivity index (χ4n) is 2.76. The Balaban J connectivity index is 1.81. The molecule has 24 heavy (non-hydrogen) atoms. The summed E-state index contributed by atoms with van der Waals surface area (Å²) < 4.78 is 39.7. The first kappa shape index (κ1) is 18.7. The molecule has 1 atom stereocenters. The van der Waals surface area contributed by atoms with Crippen LogP contribution >= 0.6 is 0 Å². The van der Waals surface area contributed by atoms with Crippen molar-refractivity contribution in [1.82, 2.24) is 15.5 Å². The van der Waals surface area contributed by atoms with Crippen molar-refractivity contribution in [1.29, 1.82) is 0 Å². The van der Waals surface area contributed by atoms with E-state index in [2.05, 4.69) is 10.6 Å². The Kier molecular flexibility index (Phi) is 6.62. The number of piperazine rings is 1. The number of carbonyl (C=O) groups is 1. The normalized spacial score (nSPS) is 17.5. The summed E-state index contributed by atoms with van der Waals surface area (Å²) in [5.74, 6) is -0.347. The van der Waals surface area contributed by atoms with E-state index in [1.54, 1.807) is 0 Å². The predicted molar refractivity (Wildman–Crippen MR) is 86.8 cm³/mol. The van der Waals surface area contributed by atoms with Crippen LogP contribution in [0.5, 0.6) is 0 Å². The van der Waals surface area contributed by atoms with E-state index in [4.69, 9.17) is 0 Å².